The summed E-state index contributed by atoms with van der Waals surface area (Å²) in [6.07, 6.45) is 1.94. The molecule has 0 unspecified atom stereocenters. The van der Waals surface area contributed by atoms with Crippen LogP contribution < -0.4 is 14.5 Å². The number of rotatable bonds is 9. The van der Waals surface area contributed by atoms with Gasteiger partial charge in [0.15, 0.2) is 0 Å². The first-order chi connectivity index (χ1) is 18.3. The Kier molecular flexibility index (Phi) is 6.05. The quantitative estimate of drug-likeness (QED) is 0.320. The molecular weight excluding hydrogens is 456 g/mol. The normalized spacial score (nSPS) is 15.7. The van der Waals surface area contributed by atoms with Gasteiger partial charge in [-0.1, -0.05) is 32.0 Å². The van der Waals surface area contributed by atoms with E-state index in [0.29, 0.717) is 22.8 Å². The van der Waals surface area contributed by atoms with Gasteiger partial charge in [-0.15, -0.1) is 0 Å². The van der Waals surface area contributed by atoms with Crippen molar-refractivity contribution < 1.29 is 13.8 Å². The maximum Gasteiger partial charge on any atom is 0.293 e. The van der Waals surface area contributed by atoms with Crippen LogP contribution >= 0.6 is 0 Å². The first-order valence-corrected chi connectivity index (χ1v) is 11.8. The van der Waals surface area contributed by atoms with Gasteiger partial charge in [-0.05, 0) is 31.7 Å². The van der Waals surface area contributed by atoms with E-state index in [4.69, 9.17) is 13.8 Å². The highest BCUT2D eigenvalue weighted by molar-refractivity contribution is 5.71. The monoisotopic (exact) mass is 493 g/mol. The van der Waals surface area contributed by atoms with Gasteiger partial charge in [0.25, 0.3) is 5.69 Å². The Balaban J connectivity index is 1.62. The smallest absolute Gasteiger partial charge is 0.293 e. The lowest BCUT2D eigenvalue weighted by molar-refractivity contribution is -0.384. The number of hydrogen-bond donors (Lipinski definition) is 0. The van der Waals surface area contributed by atoms with Crippen molar-refractivity contribution >= 4 is 22.9 Å². The number of nitro benzene ring substituents is 1. The van der Waals surface area contributed by atoms with E-state index in [1.165, 1.54) is 30.7 Å². The van der Waals surface area contributed by atoms with Crippen LogP contribution in [-0.2, 0) is 11.8 Å². The van der Waals surface area contributed by atoms with Crippen molar-refractivity contribution in [1.82, 2.24) is 14.9 Å². The number of aromatic nitrogens is 2. The number of anilines is 3. The van der Waals surface area contributed by atoms with E-state index in [9.17, 15) is 10.1 Å². The Labute approximate surface area is 216 Å². The molecule has 0 atom stereocenters. The topological polar surface area (TPSA) is 87.9 Å². The molecule has 190 valence electrons. The second-order valence-electron chi connectivity index (χ2n) is 9.75. The summed E-state index contributed by atoms with van der Waals surface area (Å²) >= 11 is 0. The van der Waals surface area contributed by atoms with E-state index in [0.717, 1.165) is 18.1 Å². The molecule has 4 rings (SSSR count). The summed E-state index contributed by atoms with van der Waals surface area (Å²) in [4.78, 5) is 25.9. The van der Waals surface area contributed by atoms with Crippen molar-refractivity contribution in [2.75, 3.05) is 57.6 Å². The van der Waals surface area contributed by atoms with E-state index in [-0.39, 0.29) is 30.6 Å². The third kappa shape index (κ3) is 5.11. The van der Waals surface area contributed by atoms with Crippen LogP contribution in [0.15, 0.2) is 48.7 Å². The summed E-state index contributed by atoms with van der Waals surface area (Å²) in [7, 11) is 4.70. The van der Waals surface area contributed by atoms with Crippen LogP contribution in [0.3, 0.4) is 0 Å². The van der Waals surface area contributed by atoms with Gasteiger partial charge >= 0.3 is 0 Å². The zero-order valence-corrected chi connectivity index (χ0v) is 21.4. The molecule has 0 saturated carbocycles. The second-order valence-corrected chi connectivity index (χ2v) is 9.75. The van der Waals surface area contributed by atoms with Gasteiger partial charge in [-0.3, -0.25) is 10.1 Å². The minimum atomic E-state index is -2.24. The van der Waals surface area contributed by atoms with Crippen molar-refractivity contribution in [2.24, 2.45) is 0 Å². The molecule has 0 saturated heterocycles. The summed E-state index contributed by atoms with van der Waals surface area (Å²) in [5, 5.41) is 12.0. The fourth-order valence-corrected chi connectivity index (χ4v) is 4.65. The third-order valence-corrected chi connectivity index (χ3v) is 6.55. The number of hydrogen-bond acceptors (Lipinski definition) is 8. The minimum Gasteiger partial charge on any atom is -0.496 e. The zero-order chi connectivity index (χ0) is 28.5. The van der Waals surface area contributed by atoms with Crippen LogP contribution in [0.25, 0.3) is 0 Å². The lowest BCUT2D eigenvalue weighted by Gasteiger charge is -2.23. The maximum absolute atomic E-state index is 12.0. The molecule has 0 amide bonds. The lowest BCUT2D eigenvalue weighted by Crippen LogP contribution is -2.29. The average molecular weight is 494 g/mol. The molecule has 3 aromatic rings. The molecule has 2 aromatic carbocycles. The highest BCUT2D eigenvalue weighted by Crippen LogP contribution is 2.43. The van der Waals surface area contributed by atoms with Crippen molar-refractivity contribution in [1.29, 1.82) is 0 Å². The minimum absolute atomic E-state index is 0.0360. The Morgan fingerprint density at radius 2 is 2.00 bits per heavy atom. The molecule has 9 heteroatoms. The van der Waals surface area contributed by atoms with Gasteiger partial charge in [-0.25, -0.2) is 9.97 Å². The molecule has 36 heavy (non-hydrogen) atoms. The summed E-state index contributed by atoms with van der Waals surface area (Å²) in [6.45, 7) is 3.42. The van der Waals surface area contributed by atoms with Gasteiger partial charge in [0.05, 0.1) is 12.0 Å². The first-order valence-electron chi connectivity index (χ1n) is 13.3. The predicted octanol–water partition coefficient (Wildman–Crippen LogP) is 4.41. The van der Waals surface area contributed by atoms with E-state index in [2.05, 4.69) is 35.9 Å². The van der Waals surface area contributed by atoms with Crippen molar-refractivity contribution in [3.05, 3.63) is 75.7 Å². The molecule has 0 spiro atoms. The number of para-hydroxylation sites is 1. The van der Waals surface area contributed by atoms with Gasteiger partial charge < -0.3 is 19.4 Å². The highest BCUT2D eigenvalue weighted by Gasteiger charge is 2.36. The van der Waals surface area contributed by atoms with Crippen LogP contribution in [0.2, 0.25) is 0 Å². The molecule has 1 aliphatic heterocycles. The summed E-state index contributed by atoms with van der Waals surface area (Å²) < 4.78 is 28.2. The average Bonchev–Trinajstić information content (AvgIpc) is 3.17. The van der Waals surface area contributed by atoms with Crippen LogP contribution in [0, 0.1) is 10.1 Å². The second kappa shape index (κ2) is 10.1. The van der Waals surface area contributed by atoms with Gasteiger partial charge in [-0.2, -0.15) is 0 Å². The molecule has 0 fully saturated rings. The standard InChI is InChI=1S/C27H34N6O3/c1-27(2)18-32(21-10-8-7-9-20(21)27)26-11-12-28-25(29-26)16-19-15-23(33(34)35)22(17-24(19)36-6)31(5)14-13-30(3)4/h7-12,15,17H,13-14,16,18H2,1-6H3/i3D3. The van der Waals surface area contributed by atoms with Crippen LogP contribution in [0.1, 0.15) is 34.9 Å². The van der Waals surface area contributed by atoms with E-state index in [1.54, 1.807) is 24.2 Å². The number of benzene rings is 2. The fraction of sp³-hybridized carbons (Fsp3) is 0.407. The molecule has 0 bridgehead atoms. The molecule has 0 N–H and O–H groups in total. The third-order valence-electron chi connectivity index (χ3n) is 6.55. The predicted molar refractivity (Wildman–Crippen MR) is 143 cm³/mol. The van der Waals surface area contributed by atoms with Gasteiger partial charge in [0.2, 0.25) is 0 Å². The molecule has 1 aromatic heterocycles. The first kappa shape index (κ1) is 21.6. The Morgan fingerprint density at radius 3 is 2.72 bits per heavy atom. The van der Waals surface area contributed by atoms with Gasteiger partial charge in [0, 0.05) is 72.2 Å². The lowest BCUT2D eigenvalue weighted by atomic mass is 9.87. The SMILES string of the molecule is [2H]C([2H])([2H])N(C)CCN(C)c1cc(OC)c(Cc2nccc(N3CC(C)(C)c4ccccc43)n2)cc1[N+](=O)[O-]. The number of fused-ring (bicyclic) bond motifs is 1. The number of methoxy groups -OCH3 is 1. The molecule has 1 aliphatic rings. The molecule has 0 aliphatic carbocycles. The summed E-state index contributed by atoms with van der Waals surface area (Å²) in [5.41, 5.74) is 3.15. The highest BCUT2D eigenvalue weighted by atomic mass is 16.6. The number of ether oxygens (including phenoxy) is 1. The van der Waals surface area contributed by atoms with Crippen LogP contribution in [0.5, 0.6) is 5.75 Å². The summed E-state index contributed by atoms with van der Waals surface area (Å²) in [5.74, 6) is 1.75. The number of likely N-dealkylation sites (N-methyl/N-ethyl adjacent to an activating group) is 2. The van der Waals surface area contributed by atoms with Crippen molar-refractivity contribution in [3.63, 3.8) is 0 Å². The number of nitro groups is 1. The molecule has 9 nitrogen and oxygen atoms in total. The molecule has 2 heterocycles. The maximum atomic E-state index is 12.0. The van der Waals surface area contributed by atoms with E-state index >= 15 is 0 Å². The Bertz CT molecular complexity index is 1360. The van der Waals surface area contributed by atoms with Gasteiger partial charge in [0.1, 0.15) is 23.1 Å². The van der Waals surface area contributed by atoms with E-state index in [1.807, 2.05) is 18.2 Å². The zero-order valence-electron chi connectivity index (χ0n) is 24.4. The largest absolute Gasteiger partial charge is 0.496 e. The van der Waals surface area contributed by atoms with Crippen LogP contribution in [-0.4, -0.2) is 67.6 Å². The van der Waals surface area contributed by atoms with Crippen molar-refractivity contribution in [2.45, 2.75) is 25.7 Å². The van der Waals surface area contributed by atoms with Crippen molar-refractivity contribution in [3.8, 4) is 5.75 Å². The summed E-state index contributed by atoms with van der Waals surface area (Å²) in [6, 6.07) is 13.3. The molecule has 0 radical (unpaired) electrons. The van der Waals surface area contributed by atoms with Crippen LogP contribution in [0.4, 0.5) is 22.9 Å². The fourth-order valence-electron chi connectivity index (χ4n) is 4.65. The number of nitrogens with zero attached hydrogens (tertiary/aromatic N) is 6. The van der Waals surface area contributed by atoms with E-state index < -0.39 is 11.9 Å². The Hall–Kier alpha value is -3.72. The Morgan fingerprint density at radius 1 is 1.22 bits per heavy atom. The molecular formula is C27H34N6O3.